The van der Waals surface area contributed by atoms with E-state index in [0.717, 1.165) is 22.3 Å². The lowest BCUT2D eigenvalue weighted by molar-refractivity contribution is -0.0348. The fourth-order valence-corrected chi connectivity index (χ4v) is 4.30. The van der Waals surface area contributed by atoms with Crippen molar-refractivity contribution >= 4 is 11.9 Å². The molecule has 0 aliphatic carbocycles. The van der Waals surface area contributed by atoms with Gasteiger partial charge in [-0.05, 0) is 60.4 Å². The van der Waals surface area contributed by atoms with Gasteiger partial charge in [0.1, 0.15) is 12.2 Å². The highest BCUT2D eigenvalue weighted by molar-refractivity contribution is 5.90. The second-order valence-corrected chi connectivity index (χ2v) is 8.01. The Labute approximate surface area is 180 Å². The first-order valence-corrected chi connectivity index (χ1v) is 10.3. The van der Waals surface area contributed by atoms with Crippen LogP contribution < -0.4 is 0 Å². The molecule has 156 valence electrons. The number of aryl methyl sites for hydroxylation is 2. The third kappa shape index (κ3) is 3.41. The molecule has 0 aromatic heterocycles. The van der Waals surface area contributed by atoms with Crippen LogP contribution in [0.5, 0.6) is 0 Å². The fraction of sp³-hybridized carbons (Fsp3) is 0.231. The van der Waals surface area contributed by atoms with Crippen molar-refractivity contribution in [1.82, 2.24) is 0 Å². The number of fused-ring (bicyclic) bond motifs is 5. The average molecular weight is 414 g/mol. The number of hydrogen-bond donors (Lipinski definition) is 0. The monoisotopic (exact) mass is 414 g/mol. The van der Waals surface area contributed by atoms with Crippen LogP contribution in [0.3, 0.4) is 0 Å². The SMILES string of the molecule is Cc1cc2c(cc1C)C1OC2C(OC(=O)c2ccccc2)C1OC(=O)c1ccccc1. The van der Waals surface area contributed by atoms with Gasteiger partial charge in [0, 0.05) is 0 Å². The predicted octanol–water partition coefficient (Wildman–Crippen LogP) is 4.88. The van der Waals surface area contributed by atoms with Gasteiger partial charge in [0.25, 0.3) is 0 Å². The lowest BCUT2D eigenvalue weighted by Gasteiger charge is -2.29. The van der Waals surface area contributed by atoms with Crippen molar-refractivity contribution in [3.63, 3.8) is 0 Å². The molecule has 5 rings (SSSR count). The highest BCUT2D eigenvalue weighted by Crippen LogP contribution is 2.53. The molecule has 3 aromatic rings. The van der Waals surface area contributed by atoms with E-state index in [2.05, 4.69) is 12.1 Å². The molecule has 2 aliphatic heterocycles. The van der Waals surface area contributed by atoms with Crippen molar-refractivity contribution < 1.29 is 23.8 Å². The number of ether oxygens (including phenoxy) is 3. The van der Waals surface area contributed by atoms with Gasteiger partial charge < -0.3 is 14.2 Å². The second-order valence-electron chi connectivity index (χ2n) is 8.01. The molecule has 0 N–H and O–H groups in total. The molecule has 1 saturated heterocycles. The molecule has 0 radical (unpaired) electrons. The quantitative estimate of drug-likeness (QED) is 0.570. The van der Waals surface area contributed by atoms with Gasteiger partial charge in [0.05, 0.1) is 11.1 Å². The highest BCUT2D eigenvalue weighted by atomic mass is 16.6. The first kappa shape index (κ1) is 19.5. The Hall–Kier alpha value is -3.44. The summed E-state index contributed by atoms with van der Waals surface area (Å²) in [4.78, 5) is 25.6. The Kier molecular flexibility index (Phi) is 4.83. The minimum Gasteiger partial charge on any atom is -0.452 e. The van der Waals surface area contributed by atoms with Crippen LogP contribution in [0.25, 0.3) is 0 Å². The van der Waals surface area contributed by atoms with Gasteiger partial charge in [0.2, 0.25) is 0 Å². The first-order valence-electron chi connectivity index (χ1n) is 10.3. The Bertz CT molecular complexity index is 1050. The van der Waals surface area contributed by atoms with E-state index < -0.39 is 36.4 Å². The number of benzene rings is 3. The highest BCUT2D eigenvalue weighted by Gasteiger charge is 2.56. The number of carbonyl (C=O) groups excluding carboxylic acids is 2. The van der Waals surface area contributed by atoms with Crippen molar-refractivity contribution in [2.24, 2.45) is 0 Å². The fourth-order valence-electron chi connectivity index (χ4n) is 4.30. The number of hydrogen-bond acceptors (Lipinski definition) is 5. The van der Waals surface area contributed by atoms with Crippen LogP contribution >= 0.6 is 0 Å². The van der Waals surface area contributed by atoms with Crippen molar-refractivity contribution in [3.8, 4) is 0 Å². The third-order valence-corrected chi connectivity index (χ3v) is 6.03. The molecule has 3 aromatic carbocycles. The van der Waals surface area contributed by atoms with Crippen molar-refractivity contribution in [2.45, 2.75) is 38.3 Å². The molecule has 5 nitrogen and oxygen atoms in total. The van der Waals surface area contributed by atoms with Crippen LogP contribution in [0.15, 0.2) is 72.8 Å². The molecular weight excluding hydrogens is 392 g/mol. The molecule has 2 heterocycles. The van der Waals surface area contributed by atoms with Crippen molar-refractivity contribution in [1.29, 1.82) is 0 Å². The van der Waals surface area contributed by atoms with Gasteiger partial charge >= 0.3 is 11.9 Å². The zero-order valence-corrected chi connectivity index (χ0v) is 17.3. The van der Waals surface area contributed by atoms with E-state index >= 15 is 0 Å². The van der Waals surface area contributed by atoms with Crippen LogP contribution in [-0.4, -0.2) is 24.1 Å². The van der Waals surface area contributed by atoms with E-state index in [0.29, 0.717) is 11.1 Å². The van der Waals surface area contributed by atoms with E-state index in [1.54, 1.807) is 48.5 Å². The Balaban J connectivity index is 1.48. The second kappa shape index (κ2) is 7.67. The van der Waals surface area contributed by atoms with Crippen molar-refractivity contribution in [3.05, 3.63) is 106 Å². The minimum absolute atomic E-state index is 0.443. The lowest BCUT2D eigenvalue weighted by Crippen LogP contribution is -2.39. The number of carbonyl (C=O) groups is 2. The summed E-state index contributed by atoms with van der Waals surface area (Å²) < 4.78 is 17.9. The summed E-state index contributed by atoms with van der Waals surface area (Å²) in [5.41, 5.74) is 5.15. The molecule has 4 atom stereocenters. The molecular formula is C26H22O5. The van der Waals surface area contributed by atoms with Crippen molar-refractivity contribution in [2.75, 3.05) is 0 Å². The summed E-state index contributed by atoms with van der Waals surface area (Å²) in [5, 5.41) is 0. The maximum Gasteiger partial charge on any atom is 0.338 e. The van der Waals surface area contributed by atoms with E-state index in [-0.39, 0.29) is 0 Å². The molecule has 0 spiro atoms. The van der Waals surface area contributed by atoms with Gasteiger partial charge in [-0.3, -0.25) is 0 Å². The third-order valence-electron chi connectivity index (χ3n) is 6.03. The van der Waals surface area contributed by atoms with Crippen LogP contribution in [0, 0.1) is 13.8 Å². The van der Waals surface area contributed by atoms with Gasteiger partial charge in [-0.1, -0.05) is 48.5 Å². The summed E-state index contributed by atoms with van der Waals surface area (Å²) in [7, 11) is 0. The number of esters is 2. The molecule has 0 saturated carbocycles. The Morgan fingerprint density at radius 3 is 1.45 bits per heavy atom. The van der Waals surface area contributed by atoms with Gasteiger partial charge in [-0.25, -0.2) is 9.59 Å². The molecule has 31 heavy (non-hydrogen) atoms. The smallest absolute Gasteiger partial charge is 0.338 e. The zero-order valence-electron chi connectivity index (χ0n) is 17.3. The summed E-state index contributed by atoms with van der Waals surface area (Å²) in [6.07, 6.45) is -2.39. The molecule has 0 amide bonds. The van der Waals surface area contributed by atoms with Gasteiger partial charge in [-0.15, -0.1) is 0 Å². The topological polar surface area (TPSA) is 61.8 Å². The molecule has 2 bridgehead atoms. The van der Waals surface area contributed by atoms with E-state index in [4.69, 9.17) is 14.2 Å². The van der Waals surface area contributed by atoms with Crippen LogP contribution in [0.2, 0.25) is 0 Å². The van der Waals surface area contributed by atoms with Crippen LogP contribution in [-0.2, 0) is 14.2 Å². The number of rotatable bonds is 4. The lowest BCUT2D eigenvalue weighted by atomic mass is 9.85. The zero-order chi connectivity index (χ0) is 21.5. The maximum absolute atomic E-state index is 12.8. The predicted molar refractivity (Wildman–Crippen MR) is 114 cm³/mol. The van der Waals surface area contributed by atoms with Crippen LogP contribution in [0.4, 0.5) is 0 Å². The normalized spacial score (nSPS) is 23.3. The Morgan fingerprint density at radius 1 is 0.677 bits per heavy atom. The summed E-state index contributed by atoms with van der Waals surface area (Å²) >= 11 is 0. The first-order chi connectivity index (χ1) is 15.0. The maximum atomic E-state index is 12.8. The average Bonchev–Trinajstić information content (AvgIpc) is 3.31. The molecule has 4 unspecified atom stereocenters. The molecule has 5 heteroatoms. The van der Waals surface area contributed by atoms with E-state index in [1.165, 1.54) is 0 Å². The summed E-state index contributed by atoms with van der Waals surface area (Å²) in [6, 6.07) is 21.7. The Morgan fingerprint density at radius 2 is 1.06 bits per heavy atom. The van der Waals surface area contributed by atoms with Gasteiger partial charge in [-0.2, -0.15) is 0 Å². The molecule has 1 fully saturated rings. The standard InChI is InChI=1S/C26H22O5/c1-15-13-19-20(14-16(15)2)22-24(31-26(28)18-11-7-4-8-12-18)23(21(19)29-22)30-25(27)17-9-5-3-6-10-17/h3-14,21-24H,1-2H3. The minimum atomic E-state index is -0.722. The van der Waals surface area contributed by atoms with E-state index in [9.17, 15) is 9.59 Å². The summed E-state index contributed by atoms with van der Waals surface area (Å²) in [6.45, 7) is 4.08. The molecule has 2 aliphatic rings. The van der Waals surface area contributed by atoms with Gasteiger partial charge in [0.15, 0.2) is 12.2 Å². The largest absolute Gasteiger partial charge is 0.452 e. The summed E-state index contributed by atoms with van der Waals surface area (Å²) in [5.74, 6) is -0.930. The van der Waals surface area contributed by atoms with E-state index in [1.807, 2.05) is 26.0 Å². The van der Waals surface area contributed by atoms with Crippen LogP contribution in [0.1, 0.15) is 55.2 Å².